The third kappa shape index (κ3) is 4.24. The summed E-state index contributed by atoms with van der Waals surface area (Å²) in [6, 6.07) is 6.00. The monoisotopic (exact) mass is 288 g/mol. The van der Waals surface area contributed by atoms with E-state index in [1.807, 2.05) is 18.2 Å². The topological polar surface area (TPSA) is 41.1 Å². The first-order chi connectivity index (χ1) is 7.79. The van der Waals surface area contributed by atoms with Crippen LogP contribution in [0.1, 0.15) is 18.4 Å². The summed E-state index contributed by atoms with van der Waals surface area (Å²) < 4.78 is 0. The summed E-state index contributed by atoms with van der Waals surface area (Å²) in [5, 5.41) is 6.18. The molecule has 0 aliphatic carbocycles. The van der Waals surface area contributed by atoms with E-state index in [0.717, 1.165) is 25.1 Å². The predicted octanol–water partition coefficient (Wildman–Crippen LogP) is 3.40. The Balaban J connectivity index is 0.00000144. The molecule has 0 saturated heterocycles. The van der Waals surface area contributed by atoms with E-state index in [9.17, 15) is 4.79 Å². The van der Waals surface area contributed by atoms with Crippen molar-refractivity contribution in [2.45, 2.75) is 19.3 Å². The molecule has 0 bridgehead atoms. The fraction of sp³-hybridized carbons (Fsp3) is 0.308. The molecule has 1 aliphatic heterocycles. The van der Waals surface area contributed by atoms with E-state index in [1.165, 1.54) is 11.3 Å². The van der Waals surface area contributed by atoms with Gasteiger partial charge in [-0.15, -0.1) is 31.4 Å². The molecule has 1 amide bonds. The molecule has 0 saturated carbocycles. The van der Waals surface area contributed by atoms with E-state index in [-0.39, 0.29) is 30.7 Å². The van der Waals surface area contributed by atoms with Crippen molar-refractivity contribution in [2.24, 2.45) is 0 Å². The van der Waals surface area contributed by atoms with Gasteiger partial charge >= 0.3 is 0 Å². The number of anilines is 2. The largest absolute Gasteiger partial charge is 0.384 e. The van der Waals surface area contributed by atoms with E-state index >= 15 is 0 Å². The maximum Gasteiger partial charge on any atom is 0.224 e. The molecule has 0 fully saturated rings. The predicted molar refractivity (Wildman–Crippen MR) is 81.2 cm³/mol. The van der Waals surface area contributed by atoms with Crippen LogP contribution in [-0.4, -0.2) is 12.5 Å². The maximum absolute atomic E-state index is 11.5. The molecule has 5 heteroatoms. The average molecular weight is 289 g/mol. The lowest BCUT2D eigenvalue weighted by atomic mass is 10.1. The van der Waals surface area contributed by atoms with Crippen molar-refractivity contribution >= 4 is 42.1 Å². The molecule has 0 spiro atoms. The Bertz CT molecular complexity index is 421. The number of nitrogens with one attached hydrogen (secondary N) is 2. The van der Waals surface area contributed by atoms with E-state index in [2.05, 4.69) is 17.2 Å². The summed E-state index contributed by atoms with van der Waals surface area (Å²) in [5.74, 6) is 0.0470. The summed E-state index contributed by atoms with van der Waals surface area (Å²) in [4.78, 5) is 11.5. The molecule has 2 N–H and O–H groups in total. The van der Waals surface area contributed by atoms with Crippen LogP contribution in [0.4, 0.5) is 11.4 Å². The smallest absolute Gasteiger partial charge is 0.224 e. The van der Waals surface area contributed by atoms with Crippen molar-refractivity contribution < 1.29 is 4.79 Å². The molecule has 2 rings (SSSR count). The van der Waals surface area contributed by atoms with E-state index in [4.69, 9.17) is 0 Å². The third-order valence-electron chi connectivity index (χ3n) is 2.67. The number of rotatable bonds is 4. The van der Waals surface area contributed by atoms with Crippen LogP contribution in [0.5, 0.6) is 0 Å². The normalized spacial score (nSPS) is 11.3. The van der Waals surface area contributed by atoms with Gasteiger partial charge in [0.1, 0.15) is 0 Å². The van der Waals surface area contributed by atoms with Crippen molar-refractivity contribution in [3.63, 3.8) is 0 Å². The first-order valence-electron chi connectivity index (χ1n) is 5.57. The van der Waals surface area contributed by atoms with Crippen molar-refractivity contribution in [2.75, 3.05) is 17.2 Å². The fourth-order valence-electron chi connectivity index (χ4n) is 1.84. The number of halogens is 2. The number of fused-ring (bicyclic) bond motifs is 1. The Labute approximate surface area is 120 Å². The first-order valence-corrected chi connectivity index (χ1v) is 5.57. The Morgan fingerprint density at radius 2 is 2.22 bits per heavy atom. The molecular weight excluding hydrogens is 271 g/mol. The van der Waals surface area contributed by atoms with Gasteiger partial charge in [-0.05, 0) is 36.6 Å². The molecule has 0 atom stereocenters. The van der Waals surface area contributed by atoms with Crippen LogP contribution in [0.15, 0.2) is 30.9 Å². The van der Waals surface area contributed by atoms with Gasteiger partial charge in [-0.1, -0.05) is 6.08 Å². The minimum absolute atomic E-state index is 0. The van der Waals surface area contributed by atoms with Gasteiger partial charge < -0.3 is 10.6 Å². The first kappa shape index (κ1) is 16.8. The Morgan fingerprint density at radius 1 is 1.44 bits per heavy atom. The number of hydrogen-bond acceptors (Lipinski definition) is 2. The number of benzene rings is 1. The van der Waals surface area contributed by atoms with Crippen LogP contribution in [0.3, 0.4) is 0 Å². The zero-order chi connectivity index (χ0) is 11.4. The summed E-state index contributed by atoms with van der Waals surface area (Å²) in [7, 11) is 0. The highest BCUT2D eigenvalue weighted by Gasteiger charge is 2.10. The molecule has 18 heavy (non-hydrogen) atoms. The number of amides is 1. The molecular formula is C13H18Cl2N2O. The Morgan fingerprint density at radius 3 is 2.94 bits per heavy atom. The van der Waals surface area contributed by atoms with Crippen molar-refractivity contribution in [1.82, 2.24) is 0 Å². The number of carbonyl (C=O) groups is 1. The summed E-state index contributed by atoms with van der Waals surface area (Å²) in [6.07, 6.45) is 4.01. The van der Waals surface area contributed by atoms with Gasteiger partial charge in [0, 0.05) is 24.3 Å². The van der Waals surface area contributed by atoms with Gasteiger partial charge in [0.2, 0.25) is 5.91 Å². The van der Waals surface area contributed by atoms with E-state index in [0.29, 0.717) is 6.42 Å². The average Bonchev–Trinajstić information content (AvgIpc) is 2.73. The molecule has 1 aliphatic rings. The second-order valence-electron chi connectivity index (χ2n) is 3.92. The Kier molecular flexibility index (Phi) is 7.48. The molecule has 100 valence electrons. The molecule has 1 aromatic carbocycles. The minimum Gasteiger partial charge on any atom is -0.384 e. The van der Waals surface area contributed by atoms with Crippen LogP contribution in [-0.2, 0) is 11.2 Å². The van der Waals surface area contributed by atoms with Gasteiger partial charge in [-0.2, -0.15) is 0 Å². The number of hydrogen-bond donors (Lipinski definition) is 2. The Hall–Kier alpha value is -1.19. The third-order valence-corrected chi connectivity index (χ3v) is 2.67. The lowest BCUT2D eigenvalue weighted by molar-refractivity contribution is -0.116. The van der Waals surface area contributed by atoms with Gasteiger partial charge in [0.25, 0.3) is 0 Å². The molecule has 0 radical (unpaired) electrons. The summed E-state index contributed by atoms with van der Waals surface area (Å²) >= 11 is 0. The zero-order valence-corrected chi connectivity index (χ0v) is 11.7. The van der Waals surface area contributed by atoms with E-state index in [1.54, 1.807) is 6.08 Å². The lowest BCUT2D eigenvalue weighted by Gasteiger charge is -2.06. The summed E-state index contributed by atoms with van der Waals surface area (Å²) in [5.41, 5.74) is 3.35. The molecule has 0 unspecified atom stereocenters. The fourth-order valence-corrected chi connectivity index (χ4v) is 1.84. The van der Waals surface area contributed by atoms with Gasteiger partial charge in [0.15, 0.2) is 0 Å². The quantitative estimate of drug-likeness (QED) is 0.834. The van der Waals surface area contributed by atoms with Gasteiger partial charge in [-0.25, -0.2) is 0 Å². The lowest BCUT2D eigenvalue weighted by Crippen LogP contribution is -2.10. The second kappa shape index (κ2) is 8.01. The highest BCUT2D eigenvalue weighted by molar-refractivity contribution is 5.91. The highest BCUT2D eigenvalue weighted by atomic mass is 35.5. The molecule has 3 nitrogen and oxygen atoms in total. The van der Waals surface area contributed by atoms with Gasteiger partial charge in [0.05, 0.1) is 0 Å². The van der Waals surface area contributed by atoms with Crippen molar-refractivity contribution in [1.29, 1.82) is 0 Å². The number of carbonyl (C=O) groups excluding carboxylic acids is 1. The van der Waals surface area contributed by atoms with Crippen LogP contribution >= 0.6 is 24.8 Å². The second-order valence-corrected chi connectivity index (χ2v) is 3.92. The SMILES string of the molecule is C=CCCC(=O)Nc1ccc2c(c1)CCN2.Cl.Cl. The summed E-state index contributed by atoms with van der Waals surface area (Å²) in [6.45, 7) is 4.59. The van der Waals surface area contributed by atoms with Gasteiger partial charge in [-0.3, -0.25) is 4.79 Å². The maximum atomic E-state index is 11.5. The molecule has 0 aromatic heterocycles. The van der Waals surface area contributed by atoms with Crippen LogP contribution in [0.25, 0.3) is 0 Å². The zero-order valence-electron chi connectivity index (χ0n) is 10.1. The number of allylic oxidation sites excluding steroid dienone is 1. The van der Waals surface area contributed by atoms with Crippen molar-refractivity contribution in [3.05, 3.63) is 36.4 Å². The molecule has 1 aromatic rings. The standard InChI is InChI=1S/C13H16N2O.2ClH/c1-2-3-4-13(16)15-11-5-6-12-10(9-11)7-8-14-12;;/h2,5-6,9,14H,1,3-4,7-8H2,(H,15,16);2*1H. The van der Waals surface area contributed by atoms with Crippen LogP contribution in [0.2, 0.25) is 0 Å². The highest BCUT2D eigenvalue weighted by Crippen LogP contribution is 2.25. The van der Waals surface area contributed by atoms with E-state index < -0.39 is 0 Å². The molecule has 1 heterocycles. The minimum atomic E-state index is 0. The van der Waals surface area contributed by atoms with Crippen LogP contribution < -0.4 is 10.6 Å². The van der Waals surface area contributed by atoms with Crippen molar-refractivity contribution in [3.8, 4) is 0 Å². The van der Waals surface area contributed by atoms with Crippen LogP contribution in [0, 0.1) is 0 Å².